The lowest BCUT2D eigenvalue weighted by atomic mass is 10.0. The molecule has 0 aliphatic carbocycles. The van der Waals surface area contributed by atoms with Gasteiger partial charge >= 0.3 is 5.97 Å². The minimum atomic E-state index is -0.217. The van der Waals surface area contributed by atoms with E-state index in [9.17, 15) is 4.79 Å². The highest BCUT2D eigenvalue weighted by Crippen LogP contribution is 2.19. The van der Waals surface area contributed by atoms with Crippen molar-refractivity contribution in [1.29, 1.82) is 0 Å². The van der Waals surface area contributed by atoms with Crippen LogP contribution in [-0.4, -0.2) is 12.6 Å². The van der Waals surface area contributed by atoms with Gasteiger partial charge in [-0.05, 0) is 29.7 Å². The lowest BCUT2D eigenvalue weighted by Gasteiger charge is -2.06. The average molecular weight is 367 g/mol. The molecule has 0 saturated carbocycles. The smallest absolute Gasteiger partial charge is 0.338 e. The molecule has 2 aromatic rings. The van der Waals surface area contributed by atoms with Gasteiger partial charge in [0.15, 0.2) is 0 Å². The van der Waals surface area contributed by atoms with Crippen LogP contribution in [0, 0.1) is 0 Å². The molecule has 0 radical (unpaired) electrons. The molecule has 0 fully saturated rings. The summed E-state index contributed by atoms with van der Waals surface area (Å²) in [6.45, 7) is 2.78. The van der Waals surface area contributed by atoms with Gasteiger partial charge in [-0.1, -0.05) is 107 Å². The highest BCUT2D eigenvalue weighted by molar-refractivity contribution is 5.90. The largest absolute Gasteiger partial charge is 0.462 e. The highest BCUT2D eigenvalue weighted by Gasteiger charge is 2.07. The number of ether oxygens (including phenoxy) is 1. The summed E-state index contributed by atoms with van der Waals surface area (Å²) in [6, 6.07) is 17.8. The number of benzene rings is 2. The second kappa shape index (κ2) is 13.1. The fourth-order valence-corrected chi connectivity index (χ4v) is 3.27. The number of rotatable bonds is 13. The molecule has 2 nitrogen and oxygen atoms in total. The Labute approximate surface area is 165 Å². The number of esters is 1. The summed E-state index contributed by atoms with van der Waals surface area (Å²) >= 11 is 0. The van der Waals surface area contributed by atoms with Crippen molar-refractivity contribution >= 4 is 5.97 Å². The van der Waals surface area contributed by atoms with Gasteiger partial charge in [0, 0.05) is 0 Å². The van der Waals surface area contributed by atoms with Crippen LogP contribution in [0.3, 0.4) is 0 Å². The minimum absolute atomic E-state index is 0.217. The van der Waals surface area contributed by atoms with Crippen LogP contribution in [-0.2, 0) is 4.74 Å². The van der Waals surface area contributed by atoms with E-state index in [4.69, 9.17) is 4.74 Å². The predicted octanol–water partition coefficient (Wildman–Crippen LogP) is 7.43. The topological polar surface area (TPSA) is 26.3 Å². The maximum absolute atomic E-state index is 12.1. The Kier molecular flexibility index (Phi) is 10.3. The zero-order valence-electron chi connectivity index (χ0n) is 16.8. The van der Waals surface area contributed by atoms with Gasteiger partial charge in [0.05, 0.1) is 12.2 Å². The molecule has 0 bridgehead atoms. The Balaban J connectivity index is 1.56. The summed E-state index contributed by atoms with van der Waals surface area (Å²) in [7, 11) is 0. The Morgan fingerprint density at radius 1 is 0.667 bits per heavy atom. The zero-order valence-corrected chi connectivity index (χ0v) is 16.8. The van der Waals surface area contributed by atoms with Gasteiger partial charge in [-0.2, -0.15) is 0 Å². The molecule has 0 aliphatic rings. The van der Waals surface area contributed by atoms with Crippen molar-refractivity contribution in [2.75, 3.05) is 6.61 Å². The Morgan fingerprint density at radius 3 is 1.78 bits per heavy atom. The fraction of sp³-hybridized carbons (Fsp3) is 0.480. The quantitative estimate of drug-likeness (QED) is 0.272. The number of unbranched alkanes of at least 4 members (excludes halogenated alkanes) is 9. The van der Waals surface area contributed by atoms with Crippen molar-refractivity contribution < 1.29 is 9.53 Å². The third-order valence-electron chi connectivity index (χ3n) is 4.96. The van der Waals surface area contributed by atoms with E-state index >= 15 is 0 Å². The molecule has 2 heteroatoms. The van der Waals surface area contributed by atoms with Gasteiger partial charge < -0.3 is 4.74 Å². The molecule has 0 aromatic heterocycles. The molecule has 2 aromatic carbocycles. The van der Waals surface area contributed by atoms with Crippen molar-refractivity contribution in [2.24, 2.45) is 0 Å². The predicted molar refractivity (Wildman–Crippen MR) is 114 cm³/mol. The van der Waals surface area contributed by atoms with Crippen molar-refractivity contribution in [3.63, 3.8) is 0 Å². The van der Waals surface area contributed by atoms with Crippen LogP contribution in [0.15, 0.2) is 54.6 Å². The van der Waals surface area contributed by atoms with Crippen LogP contribution in [0.4, 0.5) is 0 Å². The molecule has 2 rings (SSSR count). The summed E-state index contributed by atoms with van der Waals surface area (Å²) in [4.78, 5) is 12.1. The summed E-state index contributed by atoms with van der Waals surface area (Å²) in [5.74, 6) is -0.217. The molecule has 27 heavy (non-hydrogen) atoms. The number of hydrogen-bond donors (Lipinski definition) is 0. The molecular formula is C25H34O2. The SMILES string of the molecule is CCCCCCCCCCCCOC(=O)c1ccc(-c2ccccc2)cc1. The second-order valence-corrected chi connectivity index (χ2v) is 7.26. The fourth-order valence-electron chi connectivity index (χ4n) is 3.27. The number of carbonyl (C=O) groups is 1. The van der Waals surface area contributed by atoms with Crippen LogP contribution < -0.4 is 0 Å². The van der Waals surface area contributed by atoms with Gasteiger partial charge in [0.2, 0.25) is 0 Å². The van der Waals surface area contributed by atoms with Crippen molar-refractivity contribution in [1.82, 2.24) is 0 Å². The lowest BCUT2D eigenvalue weighted by Crippen LogP contribution is -2.06. The number of carbonyl (C=O) groups excluding carboxylic acids is 1. The summed E-state index contributed by atoms with van der Waals surface area (Å²) < 4.78 is 5.41. The highest BCUT2D eigenvalue weighted by atomic mass is 16.5. The van der Waals surface area contributed by atoms with Crippen LogP contribution >= 0.6 is 0 Å². The molecule has 0 heterocycles. The first-order valence-corrected chi connectivity index (χ1v) is 10.6. The maximum Gasteiger partial charge on any atom is 0.338 e. The Morgan fingerprint density at radius 2 is 1.19 bits per heavy atom. The summed E-state index contributed by atoms with van der Waals surface area (Å²) in [5.41, 5.74) is 2.89. The van der Waals surface area contributed by atoms with Crippen molar-refractivity contribution in [2.45, 2.75) is 71.1 Å². The number of hydrogen-bond acceptors (Lipinski definition) is 2. The zero-order chi connectivity index (χ0) is 19.2. The lowest BCUT2D eigenvalue weighted by molar-refractivity contribution is 0.0497. The molecular weight excluding hydrogens is 332 g/mol. The van der Waals surface area contributed by atoms with E-state index in [0.29, 0.717) is 12.2 Å². The van der Waals surface area contributed by atoms with Crippen LogP contribution in [0.1, 0.15) is 81.5 Å². The van der Waals surface area contributed by atoms with Gasteiger partial charge in [-0.15, -0.1) is 0 Å². The molecule has 0 amide bonds. The Bertz CT molecular complexity index is 631. The summed E-state index contributed by atoms with van der Waals surface area (Å²) in [5, 5.41) is 0. The van der Waals surface area contributed by atoms with Gasteiger partial charge in [0.25, 0.3) is 0 Å². The normalized spacial score (nSPS) is 10.7. The van der Waals surface area contributed by atoms with E-state index < -0.39 is 0 Å². The van der Waals surface area contributed by atoms with E-state index in [1.54, 1.807) is 0 Å². The van der Waals surface area contributed by atoms with E-state index in [2.05, 4.69) is 19.1 Å². The molecule has 0 aliphatic heterocycles. The molecule has 0 saturated heterocycles. The summed E-state index contributed by atoms with van der Waals surface area (Å²) in [6.07, 6.45) is 12.8. The Hall–Kier alpha value is -2.09. The second-order valence-electron chi connectivity index (χ2n) is 7.26. The molecule has 0 unspecified atom stereocenters. The van der Waals surface area contributed by atoms with E-state index in [1.807, 2.05) is 42.5 Å². The first-order chi connectivity index (χ1) is 13.3. The third-order valence-corrected chi connectivity index (χ3v) is 4.96. The molecule has 0 spiro atoms. The molecule has 146 valence electrons. The van der Waals surface area contributed by atoms with Gasteiger partial charge in [-0.3, -0.25) is 0 Å². The molecule has 0 N–H and O–H groups in total. The van der Waals surface area contributed by atoms with E-state index in [0.717, 1.165) is 24.0 Å². The average Bonchev–Trinajstić information content (AvgIpc) is 2.72. The standard InChI is InChI=1S/C25H34O2/c1-2-3-4-5-6-7-8-9-10-14-21-27-25(26)24-19-17-23(18-20-24)22-15-12-11-13-16-22/h11-13,15-20H,2-10,14,21H2,1H3. The van der Waals surface area contributed by atoms with E-state index in [1.165, 1.54) is 51.4 Å². The third kappa shape index (κ3) is 8.43. The van der Waals surface area contributed by atoms with Crippen molar-refractivity contribution in [3.8, 4) is 11.1 Å². The maximum atomic E-state index is 12.1. The first-order valence-electron chi connectivity index (χ1n) is 10.6. The van der Waals surface area contributed by atoms with Crippen LogP contribution in [0.2, 0.25) is 0 Å². The first kappa shape index (κ1) is 21.2. The van der Waals surface area contributed by atoms with Gasteiger partial charge in [-0.25, -0.2) is 4.79 Å². The van der Waals surface area contributed by atoms with Crippen molar-refractivity contribution in [3.05, 3.63) is 60.2 Å². The van der Waals surface area contributed by atoms with Crippen LogP contribution in [0.25, 0.3) is 11.1 Å². The van der Waals surface area contributed by atoms with Crippen LogP contribution in [0.5, 0.6) is 0 Å². The monoisotopic (exact) mass is 366 g/mol. The van der Waals surface area contributed by atoms with E-state index in [-0.39, 0.29) is 5.97 Å². The van der Waals surface area contributed by atoms with Gasteiger partial charge in [0.1, 0.15) is 0 Å². The molecule has 0 atom stereocenters. The minimum Gasteiger partial charge on any atom is -0.462 e.